The van der Waals surface area contributed by atoms with Gasteiger partial charge >= 0.3 is 0 Å². The fourth-order valence-electron chi connectivity index (χ4n) is 2.29. The number of hydrogen-bond acceptors (Lipinski definition) is 4. The summed E-state index contributed by atoms with van der Waals surface area (Å²) in [5, 5.41) is 5.57. The molecule has 2 rings (SSSR count). The van der Waals surface area contributed by atoms with Crippen molar-refractivity contribution in [3.63, 3.8) is 0 Å². The van der Waals surface area contributed by atoms with Crippen LogP contribution in [0.4, 0.5) is 11.4 Å². The van der Waals surface area contributed by atoms with Gasteiger partial charge in [0, 0.05) is 25.1 Å². The lowest BCUT2D eigenvalue weighted by Crippen LogP contribution is -2.25. The number of carbonyl (C=O) groups is 2. The number of hydrogen-bond donors (Lipinski definition) is 3. The number of nitrogens with one attached hydrogen (secondary N) is 3. The number of halogens is 1. The molecular weight excluding hydrogens is 402 g/mol. The first-order valence-corrected chi connectivity index (χ1v) is 10.6. The number of amides is 2. The topological polar surface area (TPSA) is 104 Å². The molecule has 28 heavy (non-hydrogen) atoms. The molecule has 0 saturated heterocycles. The summed E-state index contributed by atoms with van der Waals surface area (Å²) in [6.07, 6.45) is 0.893. The average molecular weight is 424 g/mol. The maximum atomic E-state index is 12.6. The Balaban J connectivity index is 2.02. The minimum absolute atomic E-state index is 0.00436. The van der Waals surface area contributed by atoms with Crippen molar-refractivity contribution >= 4 is 44.8 Å². The second kappa shape index (κ2) is 10.1. The molecule has 0 atom stereocenters. The van der Waals surface area contributed by atoms with Gasteiger partial charge in [0.2, 0.25) is 11.8 Å². The average Bonchev–Trinajstić information content (AvgIpc) is 2.66. The van der Waals surface area contributed by atoms with Gasteiger partial charge in [-0.15, -0.1) is 0 Å². The number of rotatable bonds is 9. The Morgan fingerprint density at radius 3 is 2.43 bits per heavy atom. The van der Waals surface area contributed by atoms with Crippen LogP contribution in [0.3, 0.4) is 0 Å². The van der Waals surface area contributed by atoms with E-state index in [1.165, 1.54) is 18.2 Å². The standard InChI is InChI=1S/C19H22ClN3O4S/c1-2-12-21-18(24)10-11-19(25)22-14-6-5-7-15(13-14)28(26,27)23-17-9-4-3-8-16(17)20/h3-9,13,23H,2,10-12H2,1H3,(H,21,24)(H,22,25). The molecule has 7 nitrogen and oxygen atoms in total. The van der Waals surface area contributed by atoms with Crippen molar-refractivity contribution in [1.82, 2.24) is 5.32 Å². The quantitative estimate of drug-likeness (QED) is 0.575. The van der Waals surface area contributed by atoms with Crippen LogP contribution >= 0.6 is 11.6 Å². The van der Waals surface area contributed by atoms with E-state index in [4.69, 9.17) is 11.6 Å². The van der Waals surface area contributed by atoms with Crippen molar-refractivity contribution in [2.45, 2.75) is 31.1 Å². The summed E-state index contributed by atoms with van der Waals surface area (Å²) < 4.78 is 27.6. The van der Waals surface area contributed by atoms with Crippen LogP contribution in [0.15, 0.2) is 53.4 Å². The highest BCUT2D eigenvalue weighted by molar-refractivity contribution is 7.92. The van der Waals surface area contributed by atoms with Crippen molar-refractivity contribution in [3.8, 4) is 0 Å². The molecule has 2 aromatic rings. The van der Waals surface area contributed by atoms with E-state index in [9.17, 15) is 18.0 Å². The summed E-state index contributed by atoms with van der Waals surface area (Å²) in [4.78, 5) is 23.5. The first-order valence-electron chi connectivity index (χ1n) is 8.76. The molecular formula is C19H22ClN3O4S. The third kappa shape index (κ3) is 6.54. The molecule has 0 aliphatic heterocycles. The van der Waals surface area contributed by atoms with E-state index in [1.807, 2.05) is 6.92 Å². The Hall–Kier alpha value is -2.58. The van der Waals surface area contributed by atoms with Gasteiger partial charge in [-0.25, -0.2) is 8.42 Å². The number of sulfonamides is 1. The number of carbonyl (C=O) groups excluding carboxylic acids is 2. The maximum Gasteiger partial charge on any atom is 0.262 e. The zero-order valence-corrected chi connectivity index (χ0v) is 16.9. The third-order valence-corrected chi connectivity index (χ3v) is 5.39. The first-order chi connectivity index (χ1) is 13.3. The molecule has 150 valence electrons. The summed E-state index contributed by atoms with van der Waals surface area (Å²) in [5.41, 5.74) is 0.581. The Labute approximate surface area is 169 Å². The lowest BCUT2D eigenvalue weighted by Gasteiger charge is -2.11. The Morgan fingerprint density at radius 2 is 1.71 bits per heavy atom. The lowest BCUT2D eigenvalue weighted by atomic mass is 10.2. The van der Waals surface area contributed by atoms with Crippen molar-refractivity contribution in [2.75, 3.05) is 16.6 Å². The van der Waals surface area contributed by atoms with Gasteiger partial charge in [-0.1, -0.05) is 36.7 Å². The molecule has 0 aliphatic rings. The minimum Gasteiger partial charge on any atom is -0.356 e. The highest BCUT2D eigenvalue weighted by atomic mass is 35.5. The Kier molecular flexibility index (Phi) is 7.83. The summed E-state index contributed by atoms with van der Waals surface area (Å²) in [5.74, 6) is -0.572. The molecule has 0 fully saturated rings. The van der Waals surface area contributed by atoms with E-state index < -0.39 is 10.0 Å². The fraction of sp³-hybridized carbons (Fsp3) is 0.263. The number of benzene rings is 2. The smallest absolute Gasteiger partial charge is 0.262 e. The molecule has 2 aromatic carbocycles. The van der Waals surface area contributed by atoms with Gasteiger partial charge < -0.3 is 10.6 Å². The SMILES string of the molecule is CCCNC(=O)CCC(=O)Nc1cccc(S(=O)(=O)Nc2ccccc2Cl)c1. The molecule has 2 amide bonds. The van der Waals surface area contributed by atoms with Crippen LogP contribution < -0.4 is 15.4 Å². The lowest BCUT2D eigenvalue weighted by molar-refractivity contribution is -0.124. The Morgan fingerprint density at radius 1 is 1.00 bits per heavy atom. The van der Waals surface area contributed by atoms with Crippen LogP contribution in [-0.2, 0) is 19.6 Å². The molecule has 0 aliphatic carbocycles. The van der Waals surface area contributed by atoms with Crippen LogP contribution in [0.5, 0.6) is 0 Å². The minimum atomic E-state index is -3.88. The fourth-order valence-corrected chi connectivity index (χ4v) is 3.66. The van der Waals surface area contributed by atoms with E-state index >= 15 is 0 Å². The van der Waals surface area contributed by atoms with Crippen LogP contribution in [0.1, 0.15) is 26.2 Å². The zero-order chi connectivity index (χ0) is 20.6. The van der Waals surface area contributed by atoms with E-state index in [2.05, 4.69) is 15.4 Å². The molecule has 0 bridgehead atoms. The monoisotopic (exact) mass is 423 g/mol. The zero-order valence-electron chi connectivity index (χ0n) is 15.4. The van der Waals surface area contributed by atoms with Gasteiger partial charge in [-0.05, 0) is 36.8 Å². The van der Waals surface area contributed by atoms with Crippen LogP contribution in [-0.4, -0.2) is 26.8 Å². The van der Waals surface area contributed by atoms with Crippen LogP contribution in [0, 0.1) is 0 Å². The van der Waals surface area contributed by atoms with E-state index in [1.54, 1.807) is 30.3 Å². The van der Waals surface area contributed by atoms with E-state index in [0.29, 0.717) is 12.2 Å². The van der Waals surface area contributed by atoms with Crippen molar-refractivity contribution in [3.05, 3.63) is 53.6 Å². The summed E-state index contributed by atoms with van der Waals surface area (Å²) in [6, 6.07) is 12.3. The molecule has 0 unspecified atom stereocenters. The summed E-state index contributed by atoms with van der Waals surface area (Å²) in [6.45, 7) is 2.51. The molecule has 0 heterocycles. The highest BCUT2D eigenvalue weighted by Gasteiger charge is 2.16. The number of para-hydroxylation sites is 1. The first kappa shape index (κ1) is 21.7. The molecule has 9 heteroatoms. The van der Waals surface area contributed by atoms with Gasteiger partial charge in [0.25, 0.3) is 10.0 Å². The molecule has 0 radical (unpaired) electrons. The van der Waals surface area contributed by atoms with E-state index in [0.717, 1.165) is 6.42 Å². The summed E-state index contributed by atoms with van der Waals surface area (Å²) in [7, 11) is -3.88. The van der Waals surface area contributed by atoms with Crippen molar-refractivity contribution in [1.29, 1.82) is 0 Å². The second-order valence-corrected chi connectivity index (χ2v) is 8.10. The highest BCUT2D eigenvalue weighted by Crippen LogP contribution is 2.25. The van der Waals surface area contributed by atoms with Gasteiger partial charge in [0.05, 0.1) is 15.6 Å². The normalized spacial score (nSPS) is 10.9. The maximum absolute atomic E-state index is 12.6. The second-order valence-electron chi connectivity index (χ2n) is 6.01. The Bertz CT molecular complexity index is 948. The van der Waals surface area contributed by atoms with Crippen molar-refractivity contribution < 1.29 is 18.0 Å². The van der Waals surface area contributed by atoms with E-state index in [-0.39, 0.29) is 40.3 Å². The summed E-state index contributed by atoms with van der Waals surface area (Å²) >= 11 is 5.99. The van der Waals surface area contributed by atoms with Gasteiger partial charge in [0.1, 0.15) is 0 Å². The predicted octanol–water partition coefficient (Wildman–Crippen LogP) is 3.39. The van der Waals surface area contributed by atoms with Gasteiger partial charge in [-0.3, -0.25) is 14.3 Å². The van der Waals surface area contributed by atoms with Gasteiger partial charge in [-0.2, -0.15) is 0 Å². The van der Waals surface area contributed by atoms with Crippen LogP contribution in [0.25, 0.3) is 0 Å². The molecule has 0 saturated carbocycles. The molecule has 0 aromatic heterocycles. The largest absolute Gasteiger partial charge is 0.356 e. The third-order valence-electron chi connectivity index (χ3n) is 3.70. The predicted molar refractivity (Wildman–Crippen MR) is 110 cm³/mol. The van der Waals surface area contributed by atoms with Crippen LogP contribution in [0.2, 0.25) is 5.02 Å². The molecule has 3 N–H and O–H groups in total. The van der Waals surface area contributed by atoms with Gasteiger partial charge in [0.15, 0.2) is 0 Å². The molecule has 0 spiro atoms. The van der Waals surface area contributed by atoms with Crippen molar-refractivity contribution in [2.24, 2.45) is 0 Å². The number of anilines is 2.